The van der Waals surface area contributed by atoms with Crippen molar-refractivity contribution in [3.63, 3.8) is 0 Å². The number of H-pyrrole nitrogens is 2. The number of aliphatic imine (C=N–C) groups is 2. The number of ether oxygens (including phenoxy) is 1. The van der Waals surface area contributed by atoms with Gasteiger partial charge >= 0.3 is 0 Å². The summed E-state index contributed by atoms with van der Waals surface area (Å²) in [6.45, 7) is 10.8. The van der Waals surface area contributed by atoms with E-state index in [9.17, 15) is 4.39 Å². The van der Waals surface area contributed by atoms with E-state index >= 15 is 0 Å². The number of amidine groups is 1. The Labute approximate surface area is 206 Å². The van der Waals surface area contributed by atoms with Gasteiger partial charge in [-0.15, -0.1) is 0 Å². The fraction of sp³-hybridized carbons (Fsp3) is 0.320. The van der Waals surface area contributed by atoms with Gasteiger partial charge in [0.2, 0.25) is 0 Å². The van der Waals surface area contributed by atoms with E-state index in [2.05, 4.69) is 42.5 Å². The van der Waals surface area contributed by atoms with Crippen LogP contribution in [0.3, 0.4) is 0 Å². The molecule has 10 heteroatoms. The summed E-state index contributed by atoms with van der Waals surface area (Å²) in [6, 6.07) is 3.86. The number of allylic oxidation sites excluding steroid dienone is 2. The number of halogens is 1. The average molecular weight is 483 g/mol. The highest BCUT2D eigenvalue weighted by molar-refractivity contribution is 5.94. The van der Waals surface area contributed by atoms with E-state index in [1.54, 1.807) is 18.2 Å². The summed E-state index contributed by atoms with van der Waals surface area (Å²) in [4.78, 5) is 13.7. The zero-order chi connectivity index (χ0) is 25.6. The lowest BCUT2D eigenvalue weighted by molar-refractivity contribution is 0.230. The van der Waals surface area contributed by atoms with E-state index in [1.165, 1.54) is 0 Å². The van der Waals surface area contributed by atoms with Gasteiger partial charge in [-0.25, -0.2) is 14.4 Å². The number of likely N-dealkylation sites (N-methyl/N-ethyl adjacent to an activating group) is 1. The highest BCUT2D eigenvalue weighted by Crippen LogP contribution is 2.13. The molecule has 0 saturated carbocycles. The number of aryl methyl sites for hydroxylation is 2. The average Bonchev–Trinajstić information content (AvgIpc) is 3.39. The summed E-state index contributed by atoms with van der Waals surface area (Å²) >= 11 is 0. The van der Waals surface area contributed by atoms with Gasteiger partial charge in [0.15, 0.2) is 12.5 Å². The monoisotopic (exact) mass is 482 g/mol. The van der Waals surface area contributed by atoms with Gasteiger partial charge in [0.1, 0.15) is 23.7 Å². The highest BCUT2D eigenvalue weighted by Gasteiger charge is 2.04. The van der Waals surface area contributed by atoms with Crippen LogP contribution in [0.1, 0.15) is 29.6 Å². The first kappa shape index (κ1) is 27.3. The zero-order valence-electron chi connectivity index (χ0n) is 21.0. The molecular weight excluding hydrogens is 447 g/mol. The number of aromatic amines is 2. The molecule has 2 rings (SSSR count). The number of aromatic nitrogens is 3. The fourth-order valence-corrected chi connectivity index (χ4v) is 2.99. The third-order valence-electron chi connectivity index (χ3n) is 4.69. The normalized spacial score (nSPS) is 13.3. The van der Waals surface area contributed by atoms with Crippen molar-refractivity contribution in [3.05, 3.63) is 70.9 Å². The van der Waals surface area contributed by atoms with Crippen LogP contribution in [-0.2, 0) is 4.74 Å². The van der Waals surface area contributed by atoms with Crippen molar-refractivity contribution in [1.29, 1.82) is 0 Å². The smallest absolute Gasteiger partial charge is 0.181 e. The summed E-state index contributed by atoms with van der Waals surface area (Å²) in [6.07, 6.45) is 9.23. The topological polar surface area (TPSA) is 106 Å². The number of anilines is 1. The predicted molar refractivity (Wildman–Crippen MR) is 143 cm³/mol. The second-order valence-electron chi connectivity index (χ2n) is 7.96. The van der Waals surface area contributed by atoms with E-state index in [1.807, 2.05) is 64.1 Å². The van der Waals surface area contributed by atoms with E-state index in [0.717, 1.165) is 29.2 Å². The molecule has 0 aliphatic rings. The molecule has 0 amide bonds. The van der Waals surface area contributed by atoms with Crippen LogP contribution in [-0.4, -0.2) is 66.6 Å². The van der Waals surface area contributed by atoms with Crippen LogP contribution in [0.5, 0.6) is 0 Å². The Kier molecular flexibility index (Phi) is 11.2. The Bertz CT molecular complexity index is 1100. The van der Waals surface area contributed by atoms with E-state index in [4.69, 9.17) is 4.74 Å². The molecule has 0 fully saturated rings. The molecule has 188 valence electrons. The van der Waals surface area contributed by atoms with Crippen LogP contribution in [0.25, 0.3) is 12.2 Å². The fourth-order valence-electron chi connectivity index (χ4n) is 2.99. The summed E-state index contributed by atoms with van der Waals surface area (Å²) < 4.78 is 18.9. The highest BCUT2D eigenvalue weighted by atomic mass is 19.1. The molecular formula is C25H35FN8O. The molecule has 0 spiro atoms. The maximum Gasteiger partial charge on any atom is 0.181 e. The SMILES string of the molecule is C=N/C(=C\C(=N/COC(/C=C\c1[nH]c(C)cc1C)=C\F)NCCN(C)C)Nc1cc(/C=C/C)[nH]n1. The molecule has 0 atom stereocenters. The first-order valence-electron chi connectivity index (χ1n) is 11.2. The third-order valence-corrected chi connectivity index (χ3v) is 4.69. The standard InChI is InChI=1S/C25H35FN8O/c1-7-8-20-14-25(33-32-20)31-23(27-4)15-24(28-11-12-34(5)6)29-17-35-21(16-26)9-10-22-18(2)13-19(3)30-22/h7-10,13-16,30H,4,11-12,17H2,1-3,5-6H3,(H,28,29)(H2,31,32,33)/b8-7+,10-9-,21-16-,23-15+. The third kappa shape index (κ3) is 9.85. The molecule has 4 N–H and O–H groups in total. The minimum Gasteiger partial charge on any atom is -0.469 e. The predicted octanol–water partition coefficient (Wildman–Crippen LogP) is 4.39. The molecule has 2 heterocycles. The van der Waals surface area contributed by atoms with Crippen molar-refractivity contribution in [1.82, 2.24) is 25.4 Å². The lowest BCUT2D eigenvalue weighted by atomic mass is 10.2. The number of nitrogens with zero attached hydrogens (tertiary/aromatic N) is 4. The lowest BCUT2D eigenvalue weighted by Gasteiger charge is -2.12. The zero-order valence-corrected chi connectivity index (χ0v) is 21.0. The van der Waals surface area contributed by atoms with Crippen molar-refractivity contribution in [3.8, 4) is 0 Å². The Hall–Kier alpha value is -3.92. The molecule has 0 aliphatic heterocycles. The van der Waals surface area contributed by atoms with Crippen LogP contribution in [0.2, 0.25) is 0 Å². The molecule has 0 saturated heterocycles. The number of rotatable bonds is 13. The summed E-state index contributed by atoms with van der Waals surface area (Å²) in [5.41, 5.74) is 3.85. The van der Waals surface area contributed by atoms with Gasteiger partial charge in [-0.3, -0.25) is 5.10 Å². The first-order valence-corrected chi connectivity index (χ1v) is 11.2. The Morgan fingerprint density at radius 1 is 1.29 bits per heavy atom. The van der Waals surface area contributed by atoms with Crippen LogP contribution >= 0.6 is 0 Å². The molecule has 0 aromatic carbocycles. The van der Waals surface area contributed by atoms with Crippen LogP contribution in [0.4, 0.5) is 10.2 Å². The summed E-state index contributed by atoms with van der Waals surface area (Å²) in [5, 5.41) is 13.4. The quantitative estimate of drug-likeness (QED) is 0.147. The van der Waals surface area contributed by atoms with Gasteiger partial charge in [-0.2, -0.15) is 5.10 Å². The molecule has 2 aromatic heterocycles. The summed E-state index contributed by atoms with van der Waals surface area (Å²) in [5.74, 6) is 1.59. The van der Waals surface area contributed by atoms with E-state index in [0.29, 0.717) is 30.3 Å². The molecule has 0 radical (unpaired) electrons. The summed E-state index contributed by atoms with van der Waals surface area (Å²) in [7, 11) is 3.96. The Balaban J connectivity index is 2.10. The molecule has 0 bridgehead atoms. The molecule has 2 aromatic rings. The lowest BCUT2D eigenvalue weighted by Crippen LogP contribution is -2.31. The van der Waals surface area contributed by atoms with Crippen molar-refractivity contribution < 1.29 is 9.13 Å². The van der Waals surface area contributed by atoms with E-state index in [-0.39, 0.29) is 12.5 Å². The number of hydrogen-bond acceptors (Lipinski definition) is 6. The minimum absolute atomic E-state index is 0.0604. The number of hydrogen-bond donors (Lipinski definition) is 4. The van der Waals surface area contributed by atoms with Gasteiger partial charge in [-0.05, 0) is 71.4 Å². The minimum atomic E-state index is -0.0953. The Morgan fingerprint density at radius 3 is 2.71 bits per heavy atom. The number of nitrogens with one attached hydrogen (secondary N) is 4. The van der Waals surface area contributed by atoms with Gasteiger partial charge in [0.05, 0.1) is 5.69 Å². The van der Waals surface area contributed by atoms with Crippen molar-refractivity contribution >= 4 is 30.5 Å². The van der Waals surface area contributed by atoms with Crippen LogP contribution in [0.15, 0.2) is 58.3 Å². The van der Waals surface area contributed by atoms with Crippen molar-refractivity contribution in [2.45, 2.75) is 20.8 Å². The maximum atomic E-state index is 13.4. The van der Waals surface area contributed by atoms with Crippen LogP contribution in [0, 0.1) is 13.8 Å². The van der Waals surface area contributed by atoms with Gasteiger partial charge in [-0.1, -0.05) is 6.08 Å². The van der Waals surface area contributed by atoms with Crippen LogP contribution < -0.4 is 10.6 Å². The molecule has 9 nitrogen and oxygen atoms in total. The second kappa shape index (κ2) is 14.4. The maximum absolute atomic E-state index is 13.4. The second-order valence-corrected chi connectivity index (χ2v) is 7.96. The largest absolute Gasteiger partial charge is 0.469 e. The first-order chi connectivity index (χ1) is 16.8. The van der Waals surface area contributed by atoms with E-state index < -0.39 is 0 Å². The Morgan fingerprint density at radius 2 is 2.09 bits per heavy atom. The van der Waals surface area contributed by atoms with Crippen molar-refractivity contribution in [2.75, 3.05) is 39.2 Å². The van der Waals surface area contributed by atoms with Gasteiger partial charge in [0, 0.05) is 36.6 Å². The molecule has 35 heavy (non-hydrogen) atoms. The molecule has 0 unspecified atom stereocenters. The van der Waals surface area contributed by atoms with Gasteiger partial charge < -0.3 is 25.3 Å². The van der Waals surface area contributed by atoms with Crippen molar-refractivity contribution in [2.24, 2.45) is 9.98 Å². The molecule has 0 aliphatic carbocycles. The van der Waals surface area contributed by atoms with Gasteiger partial charge in [0.25, 0.3) is 0 Å².